The molecule has 0 fully saturated rings. The Bertz CT molecular complexity index is 1020. The van der Waals surface area contributed by atoms with E-state index in [4.69, 9.17) is 0 Å². The van der Waals surface area contributed by atoms with E-state index < -0.39 is 0 Å². The van der Waals surface area contributed by atoms with Gasteiger partial charge in [-0.15, -0.1) is 10.2 Å². The molecule has 2 aromatic heterocycles. The van der Waals surface area contributed by atoms with Crippen LogP contribution in [0.25, 0.3) is 22.6 Å². The molecule has 0 saturated carbocycles. The molecule has 6 nitrogen and oxygen atoms in total. The molecule has 0 unspecified atom stereocenters. The first-order chi connectivity index (χ1) is 12.9. The van der Waals surface area contributed by atoms with E-state index in [-0.39, 0.29) is 0 Å². The largest absolute Gasteiger partial charge is 0.277 e. The van der Waals surface area contributed by atoms with E-state index in [1.54, 1.807) is 17.1 Å². The molecule has 0 aliphatic rings. The molecule has 26 heavy (non-hydrogen) atoms. The van der Waals surface area contributed by atoms with Crippen LogP contribution in [0.15, 0.2) is 77.1 Å². The lowest BCUT2D eigenvalue weighted by atomic mass is 10.1. The molecular formula is C19H16N6S. The maximum absolute atomic E-state index is 4.63. The minimum atomic E-state index is 0.705. The molecule has 7 heteroatoms. The van der Waals surface area contributed by atoms with E-state index in [0.29, 0.717) is 5.82 Å². The van der Waals surface area contributed by atoms with Crippen molar-refractivity contribution in [2.75, 3.05) is 6.26 Å². The molecule has 0 spiro atoms. The van der Waals surface area contributed by atoms with Crippen molar-refractivity contribution in [3.8, 4) is 22.6 Å². The number of nitrogens with one attached hydrogen (secondary N) is 1. The lowest BCUT2D eigenvalue weighted by Crippen LogP contribution is -1.96. The van der Waals surface area contributed by atoms with E-state index in [2.05, 4.69) is 25.5 Å². The highest BCUT2D eigenvalue weighted by atomic mass is 32.2. The first-order valence-corrected chi connectivity index (χ1v) is 9.27. The van der Waals surface area contributed by atoms with Gasteiger partial charge in [-0.25, -0.2) is 0 Å². The van der Waals surface area contributed by atoms with Crippen LogP contribution in [0.5, 0.6) is 0 Å². The van der Waals surface area contributed by atoms with Crippen LogP contribution in [0.3, 0.4) is 0 Å². The lowest BCUT2D eigenvalue weighted by Gasteiger charge is -2.03. The predicted molar refractivity (Wildman–Crippen MR) is 104 cm³/mol. The number of nitrogens with zero attached hydrogens (tertiary/aromatic N) is 5. The molecule has 0 atom stereocenters. The van der Waals surface area contributed by atoms with Crippen molar-refractivity contribution in [1.29, 1.82) is 0 Å². The Kier molecular flexibility index (Phi) is 4.61. The highest BCUT2D eigenvalue weighted by Gasteiger charge is 2.13. The van der Waals surface area contributed by atoms with E-state index in [1.165, 1.54) is 11.8 Å². The number of benzene rings is 2. The summed E-state index contributed by atoms with van der Waals surface area (Å²) in [4.78, 5) is 0. The van der Waals surface area contributed by atoms with Gasteiger partial charge >= 0.3 is 0 Å². The van der Waals surface area contributed by atoms with E-state index in [0.717, 1.165) is 27.5 Å². The van der Waals surface area contributed by atoms with Gasteiger partial charge in [0.05, 0.1) is 18.1 Å². The van der Waals surface area contributed by atoms with Crippen LogP contribution < -0.4 is 0 Å². The molecule has 0 aliphatic heterocycles. The molecule has 1 N–H and O–H groups in total. The molecule has 0 saturated heterocycles. The SMILES string of the molecule is CSc1nnc(-c2ccccc2)n1/N=C\c1cn[nH]c1-c1ccccc1. The molecular weight excluding hydrogens is 344 g/mol. The zero-order chi connectivity index (χ0) is 17.8. The van der Waals surface area contributed by atoms with Crippen molar-refractivity contribution in [3.05, 3.63) is 72.4 Å². The van der Waals surface area contributed by atoms with Gasteiger partial charge in [-0.2, -0.15) is 14.9 Å². The van der Waals surface area contributed by atoms with Crippen molar-refractivity contribution in [3.63, 3.8) is 0 Å². The number of H-pyrrole nitrogens is 1. The van der Waals surface area contributed by atoms with Gasteiger partial charge in [0, 0.05) is 16.7 Å². The average molecular weight is 360 g/mol. The van der Waals surface area contributed by atoms with Gasteiger partial charge < -0.3 is 0 Å². The van der Waals surface area contributed by atoms with Crippen LogP contribution in [0.1, 0.15) is 5.56 Å². The number of aromatic nitrogens is 5. The number of hydrogen-bond donors (Lipinski definition) is 1. The summed E-state index contributed by atoms with van der Waals surface area (Å²) in [6.07, 6.45) is 5.50. The summed E-state index contributed by atoms with van der Waals surface area (Å²) in [6, 6.07) is 20.0. The van der Waals surface area contributed by atoms with Crippen molar-refractivity contribution in [1.82, 2.24) is 25.1 Å². The summed E-state index contributed by atoms with van der Waals surface area (Å²) >= 11 is 1.50. The molecule has 0 radical (unpaired) electrons. The Morgan fingerprint density at radius 2 is 1.65 bits per heavy atom. The third kappa shape index (κ3) is 3.16. The zero-order valence-corrected chi connectivity index (χ0v) is 14.9. The predicted octanol–water partition coefficient (Wildman–Crippen LogP) is 3.94. The normalized spacial score (nSPS) is 11.3. The van der Waals surface area contributed by atoms with Crippen molar-refractivity contribution in [2.24, 2.45) is 5.10 Å². The minimum absolute atomic E-state index is 0.705. The second-order valence-electron chi connectivity index (χ2n) is 5.50. The summed E-state index contributed by atoms with van der Waals surface area (Å²) < 4.78 is 1.75. The second-order valence-corrected chi connectivity index (χ2v) is 6.27. The van der Waals surface area contributed by atoms with Crippen molar-refractivity contribution < 1.29 is 0 Å². The summed E-state index contributed by atoms with van der Waals surface area (Å²) in [6.45, 7) is 0. The summed E-state index contributed by atoms with van der Waals surface area (Å²) in [5.41, 5.74) is 3.85. The van der Waals surface area contributed by atoms with Gasteiger partial charge in [-0.1, -0.05) is 72.4 Å². The van der Waals surface area contributed by atoms with Crippen LogP contribution >= 0.6 is 11.8 Å². The number of hydrogen-bond acceptors (Lipinski definition) is 5. The zero-order valence-electron chi connectivity index (χ0n) is 14.1. The van der Waals surface area contributed by atoms with Gasteiger partial charge in [-0.05, 0) is 6.26 Å². The fourth-order valence-corrected chi connectivity index (χ4v) is 3.04. The van der Waals surface area contributed by atoms with Gasteiger partial charge in [0.15, 0.2) is 5.82 Å². The Morgan fingerprint density at radius 1 is 0.962 bits per heavy atom. The van der Waals surface area contributed by atoms with Crippen molar-refractivity contribution in [2.45, 2.75) is 5.16 Å². The Balaban J connectivity index is 1.73. The topological polar surface area (TPSA) is 71.8 Å². The monoisotopic (exact) mass is 360 g/mol. The second kappa shape index (κ2) is 7.37. The summed E-state index contributed by atoms with van der Waals surface area (Å²) in [5.74, 6) is 0.705. The molecule has 4 rings (SSSR count). The van der Waals surface area contributed by atoms with Gasteiger partial charge in [0.25, 0.3) is 0 Å². The maximum atomic E-state index is 4.63. The Labute approximate surface area is 155 Å². The smallest absolute Gasteiger partial charge is 0.212 e. The molecule has 2 heterocycles. The Hall–Kier alpha value is -3.19. The van der Waals surface area contributed by atoms with Crippen LogP contribution in [-0.4, -0.2) is 37.5 Å². The molecule has 4 aromatic rings. The highest BCUT2D eigenvalue weighted by Crippen LogP contribution is 2.23. The maximum Gasteiger partial charge on any atom is 0.212 e. The third-order valence-electron chi connectivity index (χ3n) is 3.87. The van der Waals surface area contributed by atoms with Crippen LogP contribution in [0, 0.1) is 0 Å². The third-order valence-corrected chi connectivity index (χ3v) is 4.49. The molecule has 2 aromatic carbocycles. The number of rotatable bonds is 5. The first-order valence-electron chi connectivity index (χ1n) is 8.05. The van der Waals surface area contributed by atoms with Crippen LogP contribution in [-0.2, 0) is 0 Å². The molecule has 0 amide bonds. The van der Waals surface area contributed by atoms with E-state index in [1.807, 2.05) is 66.9 Å². The van der Waals surface area contributed by atoms with Crippen LogP contribution in [0.2, 0.25) is 0 Å². The molecule has 0 bridgehead atoms. The summed E-state index contributed by atoms with van der Waals surface area (Å²) in [5, 5.41) is 21.1. The fourth-order valence-electron chi connectivity index (χ4n) is 2.61. The van der Waals surface area contributed by atoms with Gasteiger partial charge in [0.1, 0.15) is 0 Å². The quantitative estimate of drug-likeness (QED) is 0.432. The first kappa shape index (κ1) is 16.3. The fraction of sp³-hybridized carbons (Fsp3) is 0.0526. The van der Waals surface area contributed by atoms with Gasteiger partial charge in [-0.3, -0.25) is 5.10 Å². The Morgan fingerprint density at radius 3 is 2.35 bits per heavy atom. The highest BCUT2D eigenvalue weighted by molar-refractivity contribution is 7.98. The number of aromatic amines is 1. The minimum Gasteiger partial charge on any atom is -0.277 e. The van der Waals surface area contributed by atoms with Crippen LogP contribution in [0.4, 0.5) is 0 Å². The lowest BCUT2D eigenvalue weighted by molar-refractivity contribution is 0.774. The average Bonchev–Trinajstić information content (AvgIpc) is 3.34. The van der Waals surface area contributed by atoms with E-state index >= 15 is 0 Å². The molecule has 128 valence electrons. The standard InChI is InChI=1S/C19H16N6S/c1-26-19-24-23-18(15-10-6-3-7-11-15)25(19)21-13-16-12-20-22-17(16)14-8-4-2-5-9-14/h2-13H,1H3,(H,20,22)/b21-13-. The van der Waals surface area contributed by atoms with Crippen molar-refractivity contribution >= 4 is 18.0 Å². The molecule has 0 aliphatic carbocycles. The summed E-state index contributed by atoms with van der Waals surface area (Å²) in [7, 11) is 0. The number of thioether (sulfide) groups is 1. The van der Waals surface area contributed by atoms with Gasteiger partial charge in [0.2, 0.25) is 5.16 Å². The van der Waals surface area contributed by atoms with E-state index in [9.17, 15) is 0 Å².